The Labute approximate surface area is 146 Å². The number of fused-ring (bicyclic) bond motifs is 1. The molecule has 0 aliphatic rings. The molecule has 0 saturated heterocycles. The zero-order valence-corrected chi connectivity index (χ0v) is 13.6. The van der Waals surface area contributed by atoms with Crippen molar-refractivity contribution in [3.8, 4) is 34.3 Å². The van der Waals surface area contributed by atoms with Crippen LogP contribution in [0.2, 0.25) is 0 Å². The molecule has 5 aromatic rings. The van der Waals surface area contributed by atoms with Gasteiger partial charge in [-0.05, 0) is 37.3 Å². The van der Waals surface area contributed by atoms with E-state index >= 15 is 0 Å². The first-order valence-electron chi connectivity index (χ1n) is 7.85. The molecule has 26 heavy (non-hydrogen) atoms. The summed E-state index contributed by atoms with van der Waals surface area (Å²) in [5.41, 5.74) is 3.17. The van der Waals surface area contributed by atoms with Crippen LogP contribution in [0, 0.1) is 6.92 Å². The molecule has 0 radical (unpaired) electrons. The Balaban J connectivity index is 1.71. The molecule has 0 aliphatic carbocycles. The highest BCUT2D eigenvalue weighted by molar-refractivity contribution is 5.93. The number of aryl methyl sites for hydroxylation is 1. The van der Waals surface area contributed by atoms with Crippen molar-refractivity contribution in [1.82, 2.24) is 25.3 Å². The summed E-state index contributed by atoms with van der Waals surface area (Å²) in [5, 5.41) is 8.80. The Morgan fingerprint density at radius 3 is 2.65 bits per heavy atom. The van der Waals surface area contributed by atoms with E-state index in [9.17, 15) is 0 Å². The molecular formula is C18H11N5O3. The fraction of sp³-hybridized carbons (Fsp3) is 0.0556. The van der Waals surface area contributed by atoms with Crippen molar-refractivity contribution in [2.75, 3.05) is 0 Å². The minimum Gasteiger partial charge on any atom is -0.463 e. The summed E-state index contributed by atoms with van der Waals surface area (Å²) in [7, 11) is 0. The Morgan fingerprint density at radius 2 is 1.85 bits per heavy atom. The van der Waals surface area contributed by atoms with E-state index in [2.05, 4.69) is 25.3 Å². The molecule has 0 N–H and O–H groups in total. The second-order valence-electron chi connectivity index (χ2n) is 5.64. The Morgan fingerprint density at radius 1 is 0.962 bits per heavy atom. The van der Waals surface area contributed by atoms with E-state index in [-0.39, 0.29) is 0 Å². The molecular weight excluding hydrogens is 334 g/mol. The van der Waals surface area contributed by atoms with Crippen molar-refractivity contribution in [1.29, 1.82) is 0 Å². The van der Waals surface area contributed by atoms with Crippen molar-refractivity contribution in [3.63, 3.8) is 0 Å². The lowest BCUT2D eigenvalue weighted by Crippen LogP contribution is -1.88. The molecule has 0 spiro atoms. The smallest absolute Gasteiger partial charge is 0.259 e. The van der Waals surface area contributed by atoms with Gasteiger partial charge in [0.05, 0.1) is 22.9 Å². The fourth-order valence-corrected chi connectivity index (χ4v) is 2.77. The zero-order valence-electron chi connectivity index (χ0n) is 13.6. The SMILES string of the molecule is Cc1noc2nc(-c3ccco3)cc(-c3nc(-c4ccncc4)no3)c12. The first-order valence-corrected chi connectivity index (χ1v) is 7.85. The van der Waals surface area contributed by atoms with Crippen LogP contribution in [0.25, 0.3) is 45.4 Å². The Kier molecular flexibility index (Phi) is 3.14. The summed E-state index contributed by atoms with van der Waals surface area (Å²) >= 11 is 0. The highest BCUT2D eigenvalue weighted by Crippen LogP contribution is 2.34. The van der Waals surface area contributed by atoms with Gasteiger partial charge in [0.1, 0.15) is 5.69 Å². The predicted molar refractivity (Wildman–Crippen MR) is 90.8 cm³/mol. The second kappa shape index (κ2) is 5.62. The molecule has 126 valence electrons. The van der Waals surface area contributed by atoms with Gasteiger partial charge >= 0.3 is 0 Å². The van der Waals surface area contributed by atoms with Crippen molar-refractivity contribution in [3.05, 3.63) is 54.7 Å². The highest BCUT2D eigenvalue weighted by Gasteiger charge is 2.21. The van der Waals surface area contributed by atoms with Gasteiger partial charge in [-0.15, -0.1) is 0 Å². The average Bonchev–Trinajstić information content (AvgIpc) is 3.43. The maximum Gasteiger partial charge on any atom is 0.259 e. The zero-order chi connectivity index (χ0) is 17.5. The van der Waals surface area contributed by atoms with E-state index in [0.29, 0.717) is 40.1 Å². The largest absolute Gasteiger partial charge is 0.463 e. The molecule has 0 aliphatic heterocycles. The number of hydrogen-bond donors (Lipinski definition) is 0. The van der Waals surface area contributed by atoms with Crippen LogP contribution in [0.15, 0.2) is 62.5 Å². The third-order valence-electron chi connectivity index (χ3n) is 3.99. The monoisotopic (exact) mass is 345 g/mol. The summed E-state index contributed by atoms with van der Waals surface area (Å²) in [6.45, 7) is 1.84. The lowest BCUT2D eigenvalue weighted by Gasteiger charge is -2.01. The predicted octanol–water partition coefficient (Wildman–Crippen LogP) is 3.90. The van der Waals surface area contributed by atoms with Crippen LogP contribution in [0.4, 0.5) is 0 Å². The molecule has 8 heteroatoms. The lowest BCUT2D eigenvalue weighted by molar-refractivity contribution is 0.432. The van der Waals surface area contributed by atoms with Crippen molar-refractivity contribution in [2.45, 2.75) is 6.92 Å². The molecule has 0 atom stereocenters. The minimum atomic E-state index is 0.350. The summed E-state index contributed by atoms with van der Waals surface area (Å²) < 4.78 is 16.3. The van der Waals surface area contributed by atoms with Gasteiger partial charge < -0.3 is 13.5 Å². The van der Waals surface area contributed by atoms with Gasteiger partial charge in [0.25, 0.3) is 11.6 Å². The summed E-state index contributed by atoms with van der Waals surface area (Å²) in [4.78, 5) is 13.0. The number of rotatable bonds is 3. The quantitative estimate of drug-likeness (QED) is 0.485. The minimum absolute atomic E-state index is 0.350. The van der Waals surface area contributed by atoms with Crippen LogP contribution in [0.3, 0.4) is 0 Å². The fourth-order valence-electron chi connectivity index (χ4n) is 2.77. The van der Waals surface area contributed by atoms with Crippen molar-refractivity contribution in [2.24, 2.45) is 0 Å². The van der Waals surface area contributed by atoms with Gasteiger partial charge in [-0.2, -0.15) is 4.98 Å². The maximum atomic E-state index is 5.50. The Hall–Kier alpha value is -3.81. The third-order valence-corrected chi connectivity index (χ3v) is 3.99. The molecule has 0 saturated carbocycles. The number of furan rings is 1. The van der Waals surface area contributed by atoms with Gasteiger partial charge in [0.15, 0.2) is 5.76 Å². The van der Waals surface area contributed by atoms with Crippen LogP contribution in [-0.2, 0) is 0 Å². The molecule has 0 aromatic carbocycles. The molecule has 8 nitrogen and oxygen atoms in total. The number of hydrogen-bond acceptors (Lipinski definition) is 8. The van der Waals surface area contributed by atoms with Crippen LogP contribution in [-0.4, -0.2) is 25.3 Å². The molecule has 0 amide bonds. The standard InChI is InChI=1S/C18H11N5O3/c1-10-15-12(17-21-16(23-25-17)11-4-6-19-7-5-11)9-13(14-3-2-8-24-14)20-18(15)26-22-10/h2-9H,1H3. The second-order valence-corrected chi connectivity index (χ2v) is 5.64. The molecule has 0 fully saturated rings. The van der Waals surface area contributed by atoms with E-state index in [0.717, 1.165) is 10.9 Å². The first kappa shape index (κ1) is 14.5. The number of nitrogens with zero attached hydrogens (tertiary/aromatic N) is 5. The van der Waals surface area contributed by atoms with Crippen molar-refractivity contribution < 1.29 is 13.5 Å². The van der Waals surface area contributed by atoms with Gasteiger partial charge in [0.2, 0.25) is 5.82 Å². The molecule has 5 rings (SSSR count). The molecule has 5 heterocycles. The first-order chi connectivity index (χ1) is 12.8. The Bertz CT molecular complexity index is 1190. The van der Waals surface area contributed by atoms with Gasteiger partial charge in [-0.3, -0.25) is 4.98 Å². The van der Waals surface area contributed by atoms with E-state index in [1.807, 2.05) is 31.2 Å². The van der Waals surface area contributed by atoms with Crippen LogP contribution >= 0.6 is 0 Å². The van der Waals surface area contributed by atoms with Crippen molar-refractivity contribution >= 4 is 11.1 Å². The number of pyridine rings is 2. The van der Waals surface area contributed by atoms with E-state index < -0.39 is 0 Å². The highest BCUT2D eigenvalue weighted by atomic mass is 16.5. The van der Waals surface area contributed by atoms with Crippen LogP contribution < -0.4 is 0 Å². The molecule has 0 unspecified atom stereocenters. The van der Waals surface area contributed by atoms with E-state index in [1.54, 1.807) is 24.7 Å². The summed E-state index contributed by atoms with van der Waals surface area (Å²) in [5.74, 6) is 1.43. The molecule has 5 aromatic heterocycles. The average molecular weight is 345 g/mol. The van der Waals surface area contributed by atoms with Crippen LogP contribution in [0.5, 0.6) is 0 Å². The number of aromatic nitrogens is 5. The topological polar surface area (TPSA) is 104 Å². The van der Waals surface area contributed by atoms with E-state index in [1.165, 1.54) is 0 Å². The third kappa shape index (κ3) is 2.27. The van der Waals surface area contributed by atoms with Gasteiger partial charge in [-0.25, -0.2) is 4.98 Å². The van der Waals surface area contributed by atoms with Gasteiger partial charge in [0, 0.05) is 18.0 Å². The summed E-state index contributed by atoms with van der Waals surface area (Å²) in [6, 6.07) is 9.07. The maximum absolute atomic E-state index is 5.50. The lowest BCUT2D eigenvalue weighted by atomic mass is 10.1. The normalized spacial score (nSPS) is 11.3. The summed E-state index contributed by atoms with van der Waals surface area (Å²) in [6.07, 6.45) is 4.94. The molecule has 0 bridgehead atoms. The van der Waals surface area contributed by atoms with Crippen LogP contribution in [0.1, 0.15) is 5.69 Å². The van der Waals surface area contributed by atoms with E-state index in [4.69, 9.17) is 13.5 Å². The van der Waals surface area contributed by atoms with Gasteiger partial charge in [-0.1, -0.05) is 10.3 Å².